The second-order valence-electron chi connectivity index (χ2n) is 5.39. The SMILES string of the molecule is COc1cc(CNC(=O)c2c(C)nn(C)c2C)cc(OC)c1OC. The van der Waals surface area contributed by atoms with Crippen LogP contribution in [0.15, 0.2) is 12.1 Å². The number of rotatable bonds is 6. The van der Waals surface area contributed by atoms with Gasteiger partial charge in [-0.1, -0.05) is 0 Å². The summed E-state index contributed by atoms with van der Waals surface area (Å²) in [6.07, 6.45) is 0. The highest BCUT2D eigenvalue weighted by Crippen LogP contribution is 2.38. The van der Waals surface area contributed by atoms with Crippen LogP contribution in [0.5, 0.6) is 17.2 Å². The first-order valence-corrected chi connectivity index (χ1v) is 7.50. The zero-order valence-electron chi connectivity index (χ0n) is 14.9. The van der Waals surface area contributed by atoms with Gasteiger partial charge in [-0.3, -0.25) is 9.48 Å². The van der Waals surface area contributed by atoms with Crippen molar-refractivity contribution in [3.05, 3.63) is 34.6 Å². The van der Waals surface area contributed by atoms with Gasteiger partial charge in [-0.25, -0.2) is 0 Å². The molecule has 0 saturated carbocycles. The molecule has 1 heterocycles. The summed E-state index contributed by atoms with van der Waals surface area (Å²) >= 11 is 0. The van der Waals surface area contributed by atoms with Crippen LogP contribution in [-0.4, -0.2) is 37.0 Å². The van der Waals surface area contributed by atoms with Crippen molar-refractivity contribution in [2.45, 2.75) is 20.4 Å². The van der Waals surface area contributed by atoms with Crippen molar-refractivity contribution in [2.75, 3.05) is 21.3 Å². The number of amides is 1. The summed E-state index contributed by atoms with van der Waals surface area (Å²) in [5.74, 6) is 1.46. The molecule has 0 aliphatic carbocycles. The number of methoxy groups -OCH3 is 3. The molecule has 0 fully saturated rings. The van der Waals surface area contributed by atoms with E-state index in [0.29, 0.717) is 35.1 Å². The summed E-state index contributed by atoms with van der Waals surface area (Å²) in [6, 6.07) is 3.62. The number of carbonyl (C=O) groups excluding carboxylic acids is 1. The Bertz CT molecular complexity index is 728. The number of ether oxygens (including phenoxy) is 3. The van der Waals surface area contributed by atoms with Gasteiger partial charge in [-0.15, -0.1) is 0 Å². The van der Waals surface area contributed by atoms with E-state index in [1.807, 2.05) is 33.0 Å². The van der Waals surface area contributed by atoms with Crippen LogP contribution in [0.4, 0.5) is 0 Å². The van der Waals surface area contributed by atoms with Gasteiger partial charge in [0.05, 0.1) is 32.6 Å². The smallest absolute Gasteiger partial charge is 0.255 e. The van der Waals surface area contributed by atoms with E-state index in [4.69, 9.17) is 14.2 Å². The molecule has 1 aromatic carbocycles. The Kier molecular flexibility index (Phi) is 5.33. The molecule has 0 bridgehead atoms. The molecule has 2 aromatic rings. The molecule has 0 unspecified atom stereocenters. The lowest BCUT2D eigenvalue weighted by molar-refractivity contribution is 0.0949. The minimum Gasteiger partial charge on any atom is -0.493 e. The fraction of sp³-hybridized carbons (Fsp3) is 0.412. The first-order valence-electron chi connectivity index (χ1n) is 7.50. The predicted molar refractivity (Wildman–Crippen MR) is 90.0 cm³/mol. The monoisotopic (exact) mass is 333 g/mol. The number of hydrogen-bond donors (Lipinski definition) is 1. The van der Waals surface area contributed by atoms with Gasteiger partial charge in [0.2, 0.25) is 5.75 Å². The molecule has 7 nitrogen and oxygen atoms in total. The number of nitrogens with one attached hydrogen (secondary N) is 1. The van der Waals surface area contributed by atoms with Crippen molar-refractivity contribution in [3.63, 3.8) is 0 Å². The Hall–Kier alpha value is -2.70. The molecule has 130 valence electrons. The summed E-state index contributed by atoms with van der Waals surface area (Å²) in [7, 11) is 6.48. The maximum atomic E-state index is 12.5. The van der Waals surface area contributed by atoms with Crippen LogP contribution in [0.3, 0.4) is 0 Å². The van der Waals surface area contributed by atoms with Crippen molar-refractivity contribution >= 4 is 5.91 Å². The van der Waals surface area contributed by atoms with E-state index in [9.17, 15) is 4.79 Å². The van der Waals surface area contributed by atoms with Crippen molar-refractivity contribution in [1.29, 1.82) is 0 Å². The Morgan fingerprint density at radius 1 is 1.12 bits per heavy atom. The van der Waals surface area contributed by atoms with E-state index in [-0.39, 0.29) is 5.91 Å². The standard InChI is InChI=1S/C17H23N3O4/c1-10-15(11(2)20(3)19-10)17(21)18-9-12-7-13(22-4)16(24-6)14(8-12)23-5/h7-8H,9H2,1-6H3,(H,18,21). The quantitative estimate of drug-likeness (QED) is 0.875. The Balaban J connectivity index is 2.21. The molecule has 0 atom stereocenters. The number of benzene rings is 1. The number of hydrogen-bond acceptors (Lipinski definition) is 5. The first-order chi connectivity index (χ1) is 11.4. The lowest BCUT2D eigenvalue weighted by atomic mass is 10.1. The lowest BCUT2D eigenvalue weighted by Crippen LogP contribution is -2.24. The third-order valence-corrected chi connectivity index (χ3v) is 3.91. The van der Waals surface area contributed by atoms with Gasteiger partial charge < -0.3 is 19.5 Å². The zero-order valence-corrected chi connectivity index (χ0v) is 14.9. The molecule has 1 N–H and O–H groups in total. The van der Waals surface area contributed by atoms with E-state index in [1.165, 1.54) is 0 Å². The van der Waals surface area contributed by atoms with Gasteiger partial charge in [0.1, 0.15) is 0 Å². The van der Waals surface area contributed by atoms with Gasteiger partial charge in [0, 0.05) is 19.3 Å². The second-order valence-corrected chi connectivity index (χ2v) is 5.39. The van der Waals surface area contributed by atoms with E-state index in [2.05, 4.69) is 10.4 Å². The molecular weight excluding hydrogens is 310 g/mol. The van der Waals surface area contributed by atoms with Crippen molar-refractivity contribution in [2.24, 2.45) is 7.05 Å². The van der Waals surface area contributed by atoms with Crippen molar-refractivity contribution in [1.82, 2.24) is 15.1 Å². The van der Waals surface area contributed by atoms with Crippen LogP contribution in [-0.2, 0) is 13.6 Å². The highest BCUT2D eigenvalue weighted by molar-refractivity contribution is 5.96. The number of nitrogens with zero attached hydrogens (tertiary/aromatic N) is 2. The first kappa shape index (κ1) is 17.7. The molecular formula is C17H23N3O4. The molecule has 0 aliphatic heterocycles. The lowest BCUT2D eigenvalue weighted by Gasteiger charge is -2.14. The Labute approximate surface area is 141 Å². The van der Waals surface area contributed by atoms with Crippen molar-refractivity contribution in [3.8, 4) is 17.2 Å². The van der Waals surface area contributed by atoms with Crippen LogP contribution in [0.25, 0.3) is 0 Å². The summed E-state index contributed by atoms with van der Waals surface area (Å²) in [5.41, 5.74) is 2.98. The van der Waals surface area contributed by atoms with Gasteiger partial charge >= 0.3 is 0 Å². The zero-order chi connectivity index (χ0) is 17.9. The van der Waals surface area contributed by atoms with Gasteiger partial charge in [-0.05, 0) is 31.5 Å². The average molecular weight is 333 g/mol. The van der Waals surface area contributed by atoms with Gasteiger partial charge in [0.15, 0.2) is 11.5 Å². The molecule has 1 amide bonds. The maximum Gasteiger partial charge on any atom is 0.255 e. The van der Waals surface area contributed by atoms with Crippen LogP contribution < -0.4 is 19.5 Å². The molecule has 2 rings (SSSR count). The minimum atomic E-state index is -0.160. The van der Waals surface area contributed by atoms with Crippen molar-refractivity contribution < 1.29 is 19.0 Å². The number of aryl methyl sites for hydroxylation is 2. The normalized spacial score (nSPS) is 10.4. The molecule has 0 saturated heterocycles. The highest BCUT2D eigenvalue weighted by Gasteiger charge is 2.18. The Morgan fingerprint density at radius 2 is 1.71 bits per heavy atom. The molecule has 24 heavy (non-hydrogen) atoms. The summed E-state index contributed by atoms with van der Waals surface area (Å²) < 4.78 is 17.6. The summed E-state index contributed by atoms with van der Waals surface area (Å²) in [5, 5.41) is 7.17. The van der Waals surface area contributed by atoms with Crippen LogP contribution in [0.2, 0.25) is 0 Å². The Morgan fingerprint density at radius 3 is 2.12 bits per heavy atom. The topological polar surface area (TPSA) is 74.6 Å². The van der Waals surface area contributed by atoms with E-state index in [0.717, 1.165) is 11.3 Å². The van der Waals surface area contributed by atoms with E-state index >= 15 is 0 Å². The third-order valence-electron chi connectivity index (χ3n) is 3.91. The molecule has 0 spiro atoms. The second kappa shape index (κ2) is 7.25. The van der Waals surface area contributed by atoms with Crippen LogP contribution in [0.1, 0.15) is 27.3 Å². The summed E-state index contributed by atoms with van der Waals surface area (Å²) in [4.78, 5) is 12.5. The molecule has 0 aliphatic rings. The maximum absolute atomic E-state index is 12.5. The predicted octanol–water partition coefficient (Wildman–Crippen LogP) is 1.99. The largest absolute Gasteiger partial charge is 0.493 e. The van der Waals surface area contributed by atoms with E-state index in [1.54, 1.807) is 26.0 Å². The molecule has 7 heteroatoms. The fourth-order valence-electron chi connectivity index (χ4n) is 2.61. The number of aromatic nitrogens is 2. The van der Waals surface area contributed by atoms with Crippen LogP contribution in [0, 0.1) is 13.8 Å². The van der Waals surface area contributed by atoms with E-state index < -0.39 is 0 Å². The fourth-order valence-corrected chi connectivity index (χ4v) is 2.61. The van der Waals surface area contributed by atoms with Gasteiger partial charge in [0.25, 0.3) is 5.91 Å². The molecule has 1 aromatic heterocycles. The molecule has 0 radical (unpaired) electrons. The highest BCUT2D eigenvalue weighted by atomic mass is 16.5. The van der Waals surface area contributed by atoms with Gasteiger partial charge in [-0.2, -0.15) is 5.10 Å². The summed E-state index contributed by atoms with van der Waals surface area (Å²) in [6.45, 7) is 4.03. The minimum absolute atomic E-state index is 0.160. The van der Waals surface area contributed by atoms with Crippen LogP contribution >= 0.6 is 0 Å². The number of carbonyl (C=O) groups is 1. The third kappa shape index (κ3) is 3.29. The average Bonchev–Trinajstić information content (AvgIpc) is 2.83.